The Hall–Kier alpha value is -0.0800. The van der Waals surface area contributed by atoms with E-state index in [9.17, 15) is 0 Å². The van der Waals surface area contributed by atoms with Gasteiger partial charge in [0.25, 0.3) is 0 Å². The van der Waals surface area contributed by atoms with Gasteiger partial charge in [0.15, 0.2) is 0 Å². The highest BCUT2D eigenvalue weighted by atomic mass is 15.0. The number of nitrogens with one attached hydrogen (secondary N) is 1. The van der Waals surface area contributed by atoms with E-state index in [1.54, 1.807) is 0 Å². The third kappa shape index (κ3) is 3.85. The van der Waals surface area contributed by atoms with Crippen LogP contribution >= 0.6 is 0 Å². The topological polar surface area (TPSA) is 38.0 Å². The van der Waals surface area contributed by atoms with Crippen LogP contribution in [0.4, 0.5) is 0 Å². The fourth-order valence-electron chi connectivity index (χ4n) is 0.828. The maximum Gasteiger partial charge on any atom is 0.0249 e. The van der Waals surface area contributed by atoms with Crippen LogP contribution in [0.15, 0.2) is 0 Å². The molecule has 0 aliphatic carbocycles. The summed E-state index contributed by atoms with van der Waals surface area (Å²) in [5, 5.41) is 3.43. The van der Waals surface area contributed by atoms with E-state index in [2.05, 4.69) is 33.0 Å². The maximum absolute atomic E-state index is 5.55. The lowest BCUT2D eigenvalue weighted by Crippen LogP contribution is -2.49. The van der Waals surface area contributed by atoms with Crippen LogP contribution in [0.5, 0.6) is 0 Å². The fraction of sp³-hybridized carbons (Fsp3) is 1.00. The number of hydrogen-bond acceptors (Lipinski definition) is 2. The second-order valence-corrected chi connectivity index (χ2v) is 3.54. The van der Waals surface area contributed by atoms with E-state index in [0.29, 0.717) is 12.6 Å². The van der Waals surface area contributed by atoms with Gasteiger partial charge in [-0.05, 0) is 27.2 Å². The zero-order valence-electron chi connectivity index (χ0n) is 7.57. The normalized spacial score (nSPS) is 15.3. The monoisotopic (exact) mass is 144 g/mol. The van der Waals surface area contributed by atoms with Gasteiger partial charge in [0.05, 0.1) is 0 Å². The first kappa shape index (κ1) is 9.92. The van der Waals surface area contributed by atoms with Crippen molar-refractivity contribution in [3.05, 3.63) is 0 Å². The Bertz CT molecular complexity index is 89.3. The molecule has 1 unspecified atom stereocenters. The molecule has 0 aliphatic rings. The van der Waals surface area contributed by atoms with E-state index in [0.717, 1.165) is 6.42 Å². The van der Waals surface area contributed by atoms with Crippen LogP contribution in [0.3, 0.4) is 0 Å². The van der Waals surface area contributed by atoms with Crippen LogP contribution in [0.25, 0.3) is 0 Å². The first-order chi connectivity index (χ1) is 4.52. The van der Waals surface area contributed by atoms with Crippen molar-refractivity contribution in [3.8, 4) is 0 Å². The lowest BCUT2D eigenvalue weighted by atomic mass is 10.0. The van der Waals surface area contributed by atoms with Crippen molar-refractivity contribution in [2.45, 2.75) is 45.7 Å². The Balaban J connectivity index is 3.64. The highest BCUT2D eigenvalue weighted by Crippen LogP contribution is 2.01. The fourth-order valence-corrected chi connectivity index (χ4v) is 0.828. The average Bonchev–Trinajstić information content (AvgIpc) is 1.87. The summed E-state index contributed by atoms with van der Waals surface area (Å²) in [4.78, 5) is 0. The summed E-state index contributed by atoms with van der Waals surface area (Å²) in [6.45, 7) is 9.29. The predicted molar refractivity (Wildman–Crippen MR) is 46.0 cm³/mol. The molecule has 0 amide bonds. The van der Waals surface area contributed by atoms with E-state index >= 15 is 0 Å². The second kappa shape index (κ2) is 3.94. The highest BCUT2D eigenvalue weighted by molar-refractivity contribution is 4.80. The second-order valence-electron chi connectivity index (χ2n) is 3.54. The van der Waals surface area contributed by atoms with E-state index in [4.69, 9.17) is 5.73 Å². The van der Waals surface area contributed by atoms with Gasteiger partial charge in [-0.2, -0.15) is 0 Å². The molecular formula is C8H20N2. The van der Waals surface area contributed by atoms with E-state index in [1.807, 2.05) is 0 Å². The molecule has 0 bridgehead atoms. The summed E-state index contributed by atoms with van der Waals surface area (Å²) in [5.41, 5.74) is 5.64. The Morgan fingerprint density at radius 1 is 1.50 bits per heavy atom. The lowest BCUT2D eigenvalue weighted by Gasteiger charge is -2.28. The molecule has 0 aromatic carbocycles. The largest absolute Gasteiger partial charge is 0.329 e. The predicted octanol–water partition coefficient (Wildman–Crippen LogP) is 1.11. The molecule has 10 heavy (non-hydrogen) atoms. The minimum absolute atomic E-state index is 0.0927. The first-order valence-corrected chi connectivity index (χ1v) is 3.99. The van der Waals surface area contributed by atoms with E-state index in [1.165, 1.54) is 0 Å². The van der Waals surface area contributed by atoms with Crippen LogP contribution in [0.2, 0.25) is 0 Å². The van der Waals surface area contributed by atoms with Crippen molar-refractivity contribution in [2.24, 2.45) is 5.73 Å². The van der Waals surface area contributed by atoms with Crippen molar-refractivity contribution >= 4 is 0 Å². The van der Waals surface area contributed by atoms with Crippen molar-refractivity contribution in [2.75, 3.05) is 6.54 Å². The van der Waals surface area contributed by atoms with Gasteiger partial charge in [0.1, 0.15) is 0 Å². The summed E-state index contributed by atoms with van der Waals surface area (Å²) in [6, 6.07) is 0.568. The SMILES string of the molecule is CCC(C)NC(C)(C)CN. The minimum Gasteiger partial charge on any atom is -0.329 e. The van der Waals surface area contributed by atoms with Gasteiger partial charge >= 0.3 is 0 Å². The number of rotatable bonds is 4. The molecular weight excluding hydrogens is 124 g/mol. The lowest BCUT2D eigenvalue weighted by molar-refractivity contribution is 0.347. The molecule has 0 fully saturated rings. The third-order valence-electron chi connectivity index (χ3n) is 1.76. The smallest absolute Gasteiger partial charge is 0.0249 e. The molecule has 0 aromatic rings. The number of nitrogens with two attached hydrogens (primary N) is 1. The van der Waals surface area contributed by atoms with Crippen molar-refractivity contribution in [1.82, 2.24) is 5.32 Å². The zero-order valence-corrected chi connectivity index (χ0v) is 7.57. The van der Waals surface area contributed by atoms with Crippen LogP contribution in [-0.4, -0.2) is 18.1 Å². The maximum atomic E-state index is 5.55. The molecule has 3 N–H and O–H groups in total. The molecule has 0 radical (unpaired) electrons. The molecule has 2 heteroatoms. The van der Waals surface area contributed by atoms with E-state index < -0.39 is 0 Å². The van der Waals surface area contributed by atoms with Crippen molar-refractivity contribution in [1.29, 1.82) is 0 Å². The molecule has 0 heterocycles. The number of hydrogen-bond donors (Lipinski definition) is 2. The summed E-state index contributed by atoms with van der Waals surface area (Å²) < 4.78 is 0. The van der Waals surface area contributed by atoms with Gasteiger partial charge in [0.2, 0.25) is 0 Å². The molecule has 0 saturated carbocycles. The Labute approximate surface area is 64.2 Å². The molecule has 62 valence electrons. The molecule has 2 nitrogen and oxygen atoms in total. The molecule has 0 spiro atoms. The minimum atomic E-state index is 0.0927. The van der Waals surface area contributed by atoms with Gasteiger partial charge in [-0.15, -0.1) is 0 Å². The van der Waals surface area contributed by atoms with Crippen LogP contribution in [0.1, 0.15) is 34.1 Å². The third-order valence-corrected chi connectivity index (χ3v) is 1.76. The van der Waals surface area contributed by atoms with Crippen molar-refractivity contribution < 1.29 is 0 Å². The molecule has 0 aromatic heterocycles. The van der Waals surface area contributed by atoms with Gasteiger partial charge < -0.3 is 11.1 Å². The first-order valence-electron chi connectivity index (χ1n) is 3.99. The summed E-state index contributed by atoms with van der Waals surface area (Å²) in [7, 11) is 0. The van der Waals surface area contributed by atoms with Gasteiger partial charge in [-0.1, -0.05) is 6.92 Å². The summed E-state index contributed by atoms with van der Waals surface area (Å²) >= 11 is 0. The molecule has 0 saturated heterocycles. The average molecular weight is 144 g/mol. The molecule has 1 atom stereocenters. The zero-order chi connectivity index (χ0) is 8.20. The molecule has 0 aliphatic heterocycles. The van der Waals surface area contributed by atoms with Crippen LogP contribution in [0, 0.1) is 0 Å². The Kier molecular flexibility index (Phi) is 3.91. The Morgan fingerprint density at radius 2 is 2.00 bits per heavy atom. The van der Waals surface area contributed by atoms with Gasteiger partial charge in [0, 0.05) is 18.1 Å². The van der Waals surface area contributed by atoms with Crippen LogP contribution in [-0.2, 0) is 0 Å². The quantitative estimate of drug-likeness (QED) is 0.620. The standard InChI is InChI=1S/C8H20N2/c1-5-7(2)10-8(3,4)6-9/h7,10H,5-6,9H2,1-4H3. The molecule has 0 rings (SSSR count). The van der Waals surface area contributed by atoms with Crippen LogP contribution < -0.4 is 11.1 Å². The van der Waals surface area contributed by atoms with Gasteiger partial charge in [-0.25, -0.2) is 0 Å². The van der Waals surface area contributed by atoms with Gasteiger partial charge in [-0.3, -0.25) is 0 Å². The van der Waals surface area contributed by atoms with Crippen molar-refractivity contribution in [3.63, 3.8) is 0 Å². The van der Waals surface area contributed by atoms with E-state index in [-0.39, 0.29) is 5.54 Å². The highest BCUT2D eigenvalue weighted by Gasteiger charge is 2.16. The summed E-state index contributed by atoms with van der Waals surface area (Å²) in [5.74, 6) is 0. The Morgan fingerprint density at radius 3 is 2.30 bits per heavy atom. The summed E-state index contributed by atoms with van der Waals surface area (Å²) in [6.07, 6.45) is 1.16.